The van der Waals surface area contributed by atoms with Gasteiger partial charge in [-0.1, -0.05) is 0 Å². The molecule has 0 aromatic heterocycles. The zero-order chi connectivity index (χ0) is 14.7. The summed E-state index contributed by atoms with van der Waals surface area (Å²) in [5, 5.41) is 8.90. The highest BCUT2D eigenvalue weighted by molar-refractivity contribution is 7.91. The first kappa shape index (κ1) is 16.4. The molecule has 1 aliphatic heterocycles. The molecule has 112 valence electrons. The fourth-order valence-corrected chi connectivity index (χ4v) is 4.46. The van der Waals surface area contributed by atoms with Gasteiger partial charge in [-0.05, 0) is 19.3 Å². The molecular formula is C10H19NO6S2. The van der Waals surface area contributed by atoms with Crippen LogP contribution in [-0.2, 0) is 24.7 Å². The third-order valence-electron chi connectivity index (χ3n) is 3.04. The first-order valence-corrected chi connectivity index (χ1v) is 9.67. The summed E-state index contributed by atoms with van der Waals surface area (Å²) in [6, 6.07) is 0. The number of carboxylic acids is 1. The second-order valence-electron chi connectivity index (χ2n) is 4.83. The number of carboxylic acid groups (broad SMARTS) is 1. The molecule has 0 bridgehead atoms. The maximum absolute atomic E-state index is 12.0. The fourth-order valence-electron chi connectivity index (χ4n) is 2.03. The maximum atomic E-state index is 12.0. The number of nitrogens with zero attached hydrogens (tertiary/aromatic N) is 1. The van der Waals surface area contributed by atoms with Gasteiger partial charge in [-0.2, -0.15) is 0 Å². The number of piperidine rings is 1. The smallest absolute Gasteiger partial charge is 0.307 e. The van der Waals surface area contributed by atoms with Gasteiger partial charge >= 0.3 is 5.97 Å². The normalized spacial score (nSPS) is 22.3. The predicted octanol–water partition coefficient (Wildman–Crippen LogP) is -0.452. The fraction of sp³-hybridized carbons (Fsp3) is 0.900. The van der Waals surface area contributed by atoms with Crippen LogP contribution in [0.5, 0.6) is 0 Å². The summed E-state index contributed by atoms with van der Waals surface area (Å²) in [5.74, 6) is -2.09. The van der Waals surface area contributed by atoms with Crippen LogP contribution in [0.4, 0.5) is 0 Å². The lowest BCUT2D eigenvalue weighted by atomic mass is 10.0. The molecule has 1 aliphatic rings. The molecule has 7 nitrogen and oxygen atoms in total. The Morgan fingerprint density at radius 2 is 1.89 bits per heavy atom. The molecule has 0 amide bonds. The van der Waals surface area contributed by atoms with Gasteiger partial charge in [0, 0.05) is 19.3 Å². The summed E-state index contributed by atoms with van der Waals surface area (Å²) in [5.41, 5.74) is 0. The summed E-state index contributed by atoms with van der Waals surface area (Å²) in [7, 11) is -6.75. The minimum absolute atomic E-state index is 0.0173. The van der Waals surface area contributed by atoms with Crippen molar-refractivity contribution in [1.82, 2.24) is 4.31 Å². The van der Waals surface area contributed by atoms with E-state index in [-0.39, 0.29) is 24.5 Å². The van der Waals surface area contributed by atoms with E-state index in [1.807, 2.05) is 0 Å². The first-order valence-electron chi connectivity index (χ1n) is 6.00. The van der Waals surface area contributed by atoms with Gasteiger partial charge in [-0.25, -0.2) is 21.1 Å². The SMILES string of the molecule is CS(=O)(=O)CCCS(=O)(=O)N1CCCC(C(=O)O)C1. The molecule has 0 aromatic carbocycles. The molecule has 1 saturated heterocycles. The summed E-state index contributed by atoms with van der Waals surface area (Å²) in [6.45, 7) is 0.293. The molecule has 19 heavy (non-hydrogen) atoms. The van der Waals surface area contributed by atoms with Crippen LogP contribution in [0.15, 0.2) is 0 Å². The quantitative estimate of drug-likeness (QED) is 0.711. The predicted molar refractivity (Wildman–Crippen MR) is 70.0 cm³/mol. The summed E-state index contributed by atoms with van der Waals surface area (Å²) >= 11 is 0. The molecule has 0 radical (unpaired) electrons. The van der Waals surface area contributed by atoms with Gasteiger partial charge in [0.25, 0.3) is 0 Å². The monoisotopic (exact) mass is 313 g/mol. The maximum Gasteiger partial charge on any atom is 0.307 e. The van der Waals surface area contributed by atoms with Crippen molar-refractivity contribution in [2.24, 2.45) is 5.92 Å². The molecule has 0 spiro atoms. The number of hydrogen-bond acceptors (Lipinski definition) is 5. The number of carbonyl (C=O) groups is 1. The van der Waals surface area contributed by atoms with Crippen molar-refractivity contribution in [1.29, 1.82) is 0 Å². The van der Waals surface area contributed by atoms with E-state index in [1.54, 1.807) is 0 Å². The topological polar surface area (TPSA) is 109 Å². The van der Waals surface area contributed by atoms with E-state index >= 15 is 0 Å². The molecule has 1 fully saturated rings. The van der Waals surface area contributed by atoms with Crippen molar-refractivity contribution in [3.8, 4) is 0 Å². The standard InChI is InChI=1S/C10H19NO6S2/c1-18(14,15)6-3-7-19(16,17)11-5-2-4-9(8-11)10(12)13/h9H,2-8H2,1H3,(H,12,13). The van der Waals surface area contributed by atoms with E-state index in [0.717, 1.165) is 10.6 Å². The third-order valence-corrected chi connectivity index (χ3v) is 6.00. The zero-order valence-electron chi connectivity index (χ0n) is 10.8. The van der Waals surface area contributed by atoms with Crippen LogP contribution in [-0.4, -0.2) is 63.1 Å². The van der Waals surface area contributed by atoms with Crippen LogP contribution >= 0.6 is 0 Å². The van der Waals surface area contributed by atoms with Gasteiger partial charge in [0.2, 0.25) is 10.0 Å². The molecular weight excluding hydrogens is 294 g/mol. The Balaban J connectivity index is 2.59. The van der Waals surface area contributed by atoms with E-state index in [4.69, 9.17) is 5.11 Å². The number of sulfone groups is 1. The van der Waals surface area contributed by atoms with Crippen molar-refractivity contribution in [2.75, 3.05) is 30.9 Å². The Kier molecular flexibility index (Phi) is 5.34. The van der Waals surface area contributed by atoms with E-state index in [9.17, 15) is 21.6 Å². The largest absolute Gasteiger partial charge is 0.481 e. The average Bonchev–Trinajstić information content (AvgIpc) is 2.27. The first-order chi connectivity index (χ1) is 8.62. The van der Waals surface area contributed by atoms with Gasteiger partial charge in [0.1, 0.15) is 9.84 Å². The van der Waals surface area contributed by atoms with Crippen molar-refractivity contribution in [2.45, 2.75) is 19.3 Å². The van der Waals surface area contributed by atoms with Crippen LogP contribution in [0.1, 0.15) is 19.3 Å². The molecule has 0 aliphatic carbocycles. The third kappa shape index (κ3) is 5.45. The number of sulfonamides is 1. The molecule has 1 rings (SSSR count). The Morgan fingerprint density at radius 1 is 1.26 bits per heavy atom. The Bertz CT molecular complexity index is 524. The molecule has 9 heteroatoms. The summed E-state index contributed by atoms with van der Waals surface area (Å²) < 4.78 is 47.0. The van der Waals surface area contributed by atoms with Gasteiger partial charge in [-0.15, -0.1) is 0 Å². The van der Waals surface area contributed by atoms with Crippen LogP contribution < -0.4 is 0 Å². The van der Waals surface area contributed by atoms with Gasteiger partial charge in [-0.3, -0.25) is 4.79 Å². The minimum Gasteiger partial charge on any atom is -0.481 e. The second kappa shape index (κ2) is 6.19. The highest BCUT2D eigenvalue weighted by Gasteiger charge is 2.31. The van der Waals surface area contributed by atoms with Gasteiger partial charge < -0.3 is 5.11 Å². The van der Waals surface area contributed by atoms with Crippen LogP contribution in [0, 0.1) is 5.92 Å². The van der Waals surface area contributed by atoms with Crippen LogP contribution in [0.2, 0.25) is 0 Å². The number of aliphatic carboxylic acids is 1. The molecule has 1 N–H and O–H groups in total. The molecule has 1 unspecified atom stereocenters. The van der Waals surface area contributed by atoms with Crippen molar-refractivity contribution >= 4 is 25.8 Å². The summed E-state index contributed by atoms with van der Waals surface area (Å²) in [6.07, 6.45) is 2.09. The van der Waals surface area contributed by atoms with Crippen molar-refractivity contribution < 1.29 is 26.7 Å². The highest BCUT2D eigenvalue weighted by Crippen LogP contribution is 2.20. The average molecular weight is 313 g/mol. The Labute approximate surface area is 113 Å². The second-order valence-corrected chi connectivity index (χ2v) is 9.18. The molecule has 0 saturated carbocycles. The van der Waals surface area contributed by atoms with Gasteiger partial charge in [0.15, 0.2) is 0 Å². The number of rotatable bonds is 6. The van der Waals surface area contributed by atoms with Gasteiger partial charge in [0.05, 0.1) is 17.4 Å². The summed E-state index contributed by atoms with van der Waals surface area (Å²) in [4.78, 5) is 10.9. The number of hydrogen-bond donors (Lipinski definition) is 1. The van der Waals surface area contributed by atoms with Crippen LogP contribution in [0.3, 0.4) is 0 Å². The Hall–Kier alpha value is -0.670. The zero-order valence-corrected chi connectivity index (χ0v) is 12.4. The minimum atomic E-state index is -3.57. The molecule has 1 heterocycles. The molecule has 1 atom stereocenters. The van der Waals surface area contributed by atoms with Crippen molar-refractivity contribution in [3.05, 3.63) is 0 Å². The van der Waals surface area contributed by atoms with E-state index in [1.165, 1.54) is 0 Å². The van der Waals surface area contributed by atoms with Crippen molar-refractivity contribution in [3.63, 3.8) is 0 Å². The van der Waals surface area contributed by atoms with E-state index in [2.05, 4.69) is 0 Å². The lowest BCUT2D eigenvalue weighted by molar-refractivity contribution is -0.142. The lowest BCUT2D eigenvalue weighted by Gasteiger charge is -2.29. The molecule has 0 aromatic rings. The van der Waals surface area contributed by atoms with E-state index in [0.29, 0.717) is 19.4 Å². The lowest BCUT2D eigenvalue weighted by Crippen LogP contribution is -2.43. The van der Waals surface area contributed by atoms with E-state index < -0.39 is 31.7 Å². The Morgan fingerprint density at radius 3 is 2.42 bits per heavy atom. The highest BCUT2D eigenvalue weighted by atomic mass is 32.2. The van der Waals surface area contributed by atoms with Crippen LogP contribution in [0.25, 0.3) is 0 Å².